The lowest BCUT2D eigenvalue weighted by Gasteiger charge is -2.17. The average molecular weight is 329 g/mol. The van der Waals surface area contributed by atoms with Crippen molar-refractivity contribution in [3.05, 3.63) is 51.7 Å². The summed E-state index contributed by atoms with van der Waals surface area (Å²) in [5, 5.41) is 4.41. The standard InChI is InChI=1S/C17H20FN5O/c1-4-5-13-14-15(23(3)21-13)16(24)20-17(19-14)22(2)10-11-6-8-12(18)9-7-11/h6-9H,4-5,10H2,1-3H3,(H,19,20,24). The van der Waals surface area contributed by atoms with Gasteiger partial charge in [-0.25, -0.2) is 9.37 Å². The molecule has 3 aromatic rings. The van der Waals surface area contributed by atoms with E-state index in [0.717, 1.165) is 24.1 Å². The van der Waals surface area contributed by atoms with Gasteiger partial charge in [0.1, 0.15) is 11.3 Å². The van der Waals surface area contributed by atoms with Gasteiger partial charge in [0.15, 0.2) is 5.52 Å². The number of aryl methyl sites for hydroxylation is 2. The van der Waals surface area contributed by atoms with Crippen LogP contribution in [0.25, 0.3) is 11.0 Å². The second-order valence-electron chi connectivity index (χ2n) is 5.89. The maximum Gasteiger partial charge on any atom is 0.278 e. The fourth-order valence-corrected chi connectivity index (χ4v) is 2.76. The molecule has 0 saturated heterocycles. The molecule has 126 valence electrons. The largest absolute Gasteiger partial charge is 0.341 e. The number of aromatic amines is 1. The Balaban J connectivity index is 1.98. The van der Waals surface area contributed by atoms with Crippen molar-refractivity contribution >= 4 is 17.0 Å². The van der Waals surface area contributed by atoms with Crippen LogP contribution in [0.15, 0.2) is 29.1 Å². The van der Waals surface area contributed by atoms with Crippen LogP contribution < -0.4 is 10.5 Å². The Morgan fingerprint density at radius 2 is 2.00 bits per heavy atom. The predicted molar refractivity (Wildman–Crippen MR) is 91.6 cm³/mol. The molecule has 0 amide bonds. The van der Waals surface area contributed by atoms with E-state index in [1.807, 2.05) is 11.9 Å². The van der Waals surface area contributed by atoms with E-state index in [0.29, 0.717) is 23.5 Å². The van der Waals surface area contributed by atoms with E-state index in [9.17, 15) is 9.18 Å². The SMILES string of the molecule is CCCc1nn(C)c2c(=O)[nH]c(N(C)Cc3ccc(F)cc3)nc12. The van der Waals surface area contributed by atoms with E-state index < -0.39 is 0 Å². The Kier molecular flexibility index (Phi) is 4.33. The fourth-order valence-electron chi connectivity index (χ4n) is 2.76. The zero-order chi connectivity index (χ0) is 17.3. The molecule has 24 heavy (non-hydrogen) atoms. The number of anilines is 1. The number of aromatic nitrogens is 4. The zero-order valence-corrected chi connectivity index (χ0v) is 14.0. The van der Waals surface area contributed by atoms with E-state index in [1.54, 1.807) is 23.9 Å². The summed E-state index contributed by atoms with van der Waals surface area (Å²) in [6.07, 6.45) is 1.70. The van der Waals surface area contributed by atoms with Gasteiger partial charge < -0.3 is 4.90 Å². The molecule has 2 aromatic heterocycles. The molecule has 1 N–H and O–H groups in total. The number of rotatable bonds is 5. The molecule has 0 atom stereocenters. The summed E-state index contributed by atoms with van der Waals surface area (Å²) in [6, 6.07) is 6.27. The van der Waals surface area contributed by atoms with Crippen molar-refractivity contribution in [2.75, 3.05) is 11.9 Å². The molecule has 7 heteroatoms. The van der Waals surface area contributed by atoms with Crippen LogP contribution in [0.3, 0.4) is 0 Å². The summed E-state index contributed by atoms with van der Waals surface area (Å²) in [7, 11) is 3.59. The maximum atomic E-state index is 13.0. The number of hydrogen-bond donors (Lipinski definition) is 1. The predicted octanol–water partition coefficient (Wildman–Crippen LogP) is 2.38. The third kappa shape index (κ3) is 3.02. The van der Waals surface area contributed by atoms with Gasteiger partial charge in [-0.2, -0.15) is 5.10 Å². The molecule has 0 spiro atoms. The van der Waals surface area contributed by atoms with Crippen LogP contribution >= 0.6 is 0 Å². The molecule has 2 heterocycles. The van der Waals surface area contributed by atoms with Gasteiger partial charge in [0, 0.05) is 20.6 Å². The van der Waals surface area contributed by atoms with Gasteiger partial charge in [0.2, 0.25) is 5.95 Å². The van der Waals surface area contributed by atoms with Crippen LogP contribution in [0.5, 0.6) is 0 Å². The Morgan fingerprint density at radius 3 is 2.67 bits per heavy atom. The van der Waals surface area contributed by atoms with Crippen LogP contribution in [0.4, 0.5) is 10.3 Å². The lowest BCUT2D eigenvalue weighted by atomic mass is 10.2. The van der Waals surface area contributed by atoms with Crippen LogP contribution in [0, 0.1) is 5.82 Å². The first-order chi connectivity index (χ1) is 11.5. The molecule has 6 nitrogen and oxygen atoms in total. The van der Waals surface area contributed by atoms with Gasteiger partial charge in [-0.15, -0.1) is 0 Å². The van der Waals surface area contributed by atoms with Crippen LogP contribution in [-0.4, -0.2) is 26.8 Å². The van der Waals surface area contributed by atoms with Crippen molar-refractivity contribution in [3.63, 3.8) is 0 Å². The van der Waals surface area contributed by atoms with E-state index in [1.165, 1.54) is 12.1 Å². The molecule has 0 aliphatic heterocycles. The highest BCUT2D eigenvalue weighted by Crippen LogP contribution is 2.17. The maximum absolute atomic E-state index is 13.0. The molecule has 0 saturated carbocycles. The van der Waals surface area contributed by atoms with E-state index in [2.05, 4.69) is 22.0 Å². The molecule has 0 aliphatic rings. The van der Waals surface area contributed by atoms with Crippen LogP contribution in [0.2, 0.25) is 0 Å². The summed E-state index contributed by atoms with van der Waals surface area (Å²) in [6.45, 7) is 2.58. The molecule has 0 fully saturated rings. The Bertz CT molecular complexity index is 913. The van der Waals surface area contributed by atoms with Gasteiger partial charge in [-0.05, 0) is 24.1 Å². The van der Waals surface area contributed by atoms with Crippen LogP contribution in [0.1, 0.15) is 24.6 Å². The van der Waals surface area contributed by atoms with Gasteiger partial charge in [0.25, 0.3) is 5.56 Å². The summed E-state index contributed by atoms with van der Waals surface area (Å²) in [5.74, 6) is 0.205. The third-order valence-electron chi connectivity index (χ3n) is 3.93. The van der Waals surface area contributed by atoms with Crippen LogP contribution in [-0.2, 0) is 20.0 Å². The van der Waals surface area contributed by atoms with Gasteiger partial charge in [0.05, 0.1) is 5.69 Å². The lowest BCUT2D eigenvalue weighted by Crippen LogP contribution is -2.23. The first-order valence-electron chi connectivity index (χ1n) is 7.91. The van der Waals surface area contributed by atoms with Crippen molar-refractivity contribution in [2.24, 2.45) is 7.05 Å². The fraction of sp³-hybridized carbons (Fsp3) is 0.353. The molecular formula is C17H20FN5O. The van der Waals surface area contributed by atoms with Crippen molar-refractivity contribution in [3.8, 4) is 0 Å². The second kappa shape index (κ2) is 6.43. The molecule has 3 rings (SSSR count). The molecule has 0 radical (unpaired) electrons. The Morgan fingerprint density at radius 1 is 1.29 bits per heavy atom. The number of H-pyrrole nitrogens is 1. The first-order valence-corrected chi connectivity index (χ1v) is 7.91. The molecule has 0 bridgehead atoms. The molecule has 0 aliphatic carbocycles. The molecule has 0 unspecified atom stereocenters. The normalized spacial score (nSPS) is 11.2. The summed E-state index contributed by atoms with van der Waals surface area (Å²) in [5.41, 5.74) is 2.68. The number of fused-ring (bicyclic) bond motifs is 1. The topological polar surface area (TPSA) is 66.8 Å². The monoisotopic (exact) mass is 329 g/mol. The zero-order valence-electron chi connectivity index (χ0n) is 14.0. The second-order valence-corrected chi connectivity index (χ2v) is 5.89. The highest BCUT2D eigenvalue weighted by Gasteiger charge is 2.16. The van der Waals surface area contributed by atoms with E-state index in [4.69, 9.17) is 0 Å². The minimum atomic E-state index is -0.270. The Labute approximate surface area is 138 Å². The number of nitrogens with zero attached hydrogens (tertiary/aromatic N) is 4. The van der Waals surface area contributed by atoms with Crippen molar-refractivity contribution in [2.45, 2.75) is 26.3 Å². The smallest absolute Gasteiger partial charge is 0.278 e. The van der Waals surface area contributed by atoms with Crippen molar-refractivity contribution in [1.82, 2.24) is 19.7 Å². The first kappa shape index (κ1) is 16.2. The number of hydrogen-bond acceptors (Lipinski definition) is 4. The van der Waals surface area contributed by atoms with Gasteiger partial charge in [-0.1, -0.05) is 25.5 Å². The minimum absolute atomic E-state index is 0.210. The van der Waals surface area contributed by atoms with Gasteiger partial charge >= 0.3 is 0 Å². The lowest BCUT2D eigenvalue weighted by molar-refractivity contribution is 0.627. The number of nitrogens with one attached hydrogen (secondary N) is 1. The third-order valence-corrected chi connectivity index (χ3v) is 3.93. The Hall–Kier alpha value is -2.70. The van der Waals surface area contributed by atoms with Crippen molar-refractivity contribution in [1.29, 1.82) is 0 Å². The van der Waals surface area contributed by atoms with E-state index in [-0.39, 0.29) is 11.4 Å². The molecule has 1 aromatic carbocycles. The summed E-state index contributed by atoms with van der Waals surface area (Å²) >= 11 is 0. The minimum Gasteiger partial charge on any atom is -0.341 e. The molecular weight excluding hydrogens is 309 g/mol. The number of benzene rings is 1. The number of halogens is 1. The quantitative estimate of drug-likeness (QED) is 0.780. The average Bonchev–Trinajstić information content (AvgIpc) is 2.86. The summed E-state index contributed by atoms with van der Waals surface area (Å²) in [4.78, 5) is 21.6. The van der Waals surface area contributed by atoms with Crippen molar-refractivity contribution < 1.29 is 4.39 Å². The highest BCUT2D eigenvalue weighted by molar-refractivity contribution is 5.77. The van der Waals surface area contributed by atoms with E-state index >= 15 is 0 Å². The van der Waals surface area contributed by atoms with Gasteiger partial charge in [-0.3, -0.25) is 14.5 Å². The highest BCUT2D eigenvalue weighted by atomic mass is 19.1. The summed E-state index contributed by atoms with van der Waals surface area (Å²) < 4.78 is 14.6.